The van der Waals surface area contributed by atoms with Crippen molar-refractivity contribution in [3.05, 3.63) is 18.0 Å². The number of nitrogens with zero attached hydrogens (tertiary/aromatic N) is 3. The van der Waals surface area contributed by atoms with Crippen LogP contribution in [-0.4, -0.2) is 45.8 Å². The van der Waals surface area contributed by atoms with Crippen molar-refractivity contribution in [1.29, 1.82) is 0 Å². The number of alkyl halides is 1. The van der Waals surface area contributed by atoms with Crippen LogP contribution in [0.15, 0.2) is 12.4 Å². The van der Waals surface area contributed by atoms with Crippen LogP contribution in [-0.2, 0) is 17.8 Å². The maximum Gasteiger partial charge on any atom is 0.0799 e. The number of aromatic nitrogens is 2. The van der Waals surface area contributed by atoms with Gasteiger partial charge in [0.25, 0.3) is 0 Å². The zero-order chi connectivity index (χ0) is 11.4. The summed E-state index contributed by atoms with van der Waals surface area (Å²) in [5.41, 5.74) is 1.29. The molecule has 4 nitrogen and oxygen atoms in total. The summed E-state index contributed by atoms with van der Waals surface area (Å²) in [5.74, 6) is 0. The molecular weight excluding hydrogens is 270 g/mol. The van der Waals surface area contributed by atoms with E-state index in [9.17, 15) is 0 Å². The molecule has 1 aromatic heterocycles. The van der Waals surface area contributed by atoms with Crippen LogP contribution < -0.4 is 0 Å². The zero-order valence-electron chi connectivity index (χ0n) is 9.60. The van der Waals surface area contributed by atoms with Crippen molar-refractivity contribution >= 4 is 15.9 Å². The summed E-state index contributed by atoms with van der Waals surface area (Å²) < 4.78 is 7.58. The minimum Gasteiger partial charge on any atom is -0.375 e. The maximum atomic E-state index is 5.61. The van der Waals surface area contributed by atoms with Gasteiger partial charge in [-0.15, -0.1) is 0 Å². The standard InChI is InChI=1S/C11H18BrN3O/c1-2-15-8-10(6-13-15)7-14-3-4-16-11(5-12)9-14/h6,8,11H,2-5,7,9H2,1H3. The molecule has 1 aromatic rings. The predicted molar refractivity (Wildman–Crippen MR) is 66.7 cm³/mol. The Bertz CT molecular complexity index is 329. The van der Waals surface area contributed by atoms with E-state index in [-0.39, 0.29) is 0 Å². The molecule has 0 N–H and O–H groups in total. The molecule has 0 spiro atoms. The smallest absolute Gasteiger partial charge is 0.0799 e. The lowest BCUT2D eigenvalue weighted by Gasteiger charge is -2.31. The highest BCUT2D eigenvalue weighted by atomic mass is 79.9. The highest BCUT2D eigenvalue weighted by molar-refractivity contribution is 9.09. The highest BCUT2D eigenvalue weighted by Gasteiger charge is 2.19. The summed E-state index contributed by atoms with van der Waals surface area (Å²) in [6.07, 6.45) is 4.41. The summed E-state index contributed by atoms with van der Waals surface area (Å²) >= 11 is 3.47. The molecule has 1 atom stereocenters. The van der Waals surface area contributed by atoms with Gasteiger partial charge in [0.2, 0.25) is 0 Å². The van der Waals surface area contributed by atoms with Crippen molar-refractivity contribution < 1.29 is 4.74 Å². The van der Waals surface area contributed by atoms with E-state index < -0.39 is 0 Å². The number of morpholine rings is 1. The molecule has 5 heteroatoms. The number of rotatable bonds is 4. The van der Waals surface area contributed by atoms with Crippen molar-refractivity contribution in [2.75, 3.05) is 25.0 Å². The van der Waals surface area contributed by atoms with Gasteiger partial charge in [0.15, 0.2) is 0 Å². The molecule has 1 fully saturated rings. The lowest BCUT2D eigenvalue weighted by Crippen LogP contribution is -2.42. The molecule has 0 aliphatic carbocycles. The van der Waals surface area contributed by atoms with Gasteiger partial charge in [-0.25, -0.2) is 0 Å². The normalized spacial score (nSPS) is 22.5. The molecule has 1 saturated heterocycles. The Morgan fingerprint density at radius 3 is 3.19 bits per heavy atom. The third-order valence-electron chi connectivity index (χ3n) is 2.81. The van der Waals surface area contributed by atoms with Gasteiger partial charge in [-0.1, -0.05) is 15.9 Å². The molecular formula is C11H18BrN3O. The first kappa shape index (κ1) is 12.1. The first-order valence-corrected chi connectivity index (χ1v) is 6.85. The number of aryl methyl sites for hydroxylation is 1. The van der Waals surface area contributed by atoms with Crippen LogP contribution in [0.5, 0.6) is 0 Å². The summed E-state index contributed by atoms with van der Waals surface area (Å²) in [7, 11) is 0. The Balaban J connectivity index is 1.88. The van der Waals surface area contributed by atoms with E-state index in [2.05, 4.69) is 39.0 Å². The van der Waals surface area contributed by atoms with Crippen molar-refractivity contribution in [3.8, 4) is 0 Å². The van der Waals surface area contributed by atoms with Crippen molar-refractivity contribution in [1.82, 2.24) is 14.7 Å². The Labute approximate surface area is 105 Å². The first-order chi connectivity index (χ1) is 7.81. The second kappa shape index (κ2) is 5.80. The highest BCUT2D eigenvalue weighted by Crippen LogP contribution is 2.11. The minimum absolute atomic E-state index is 0.329. The van der Waals surface area contributed by atoms with E-state index in [1.54, 1.807) is 0 Å². The molecule has 0 bridgehead atoms. The number of hydrogen-bond donors (Lipinski definition) is 0. The maximum absolute atomic E-state index is 5.61. The summed E-state index contributed by atoms with van der Waals surface area (Å²) in [5, 5.41) is 5.20. The fourth-order valence-electron chi connectivity index (χ4n) is 1.94. The minimum atomic E-state index is 0.329. The van der Waals surface area contributed by atoms with Crippen LogP contribution in [0.1, 0.15) is 12.5 Å². The van der Waals surface area contributed by atoms with E-state index >= 15 is 0 Å². The molecule has 0 amide bonds. The fraction of sp³-hybridized carbons (Fsp3) is 0.727. The largest absolute Gasteiger partial charge is 0.375 e. The van der Waals surface area contributed by atoms with Gasteiger partial charge in [-0.05, 0) is 6.92 Å². The lowest BCUT2D eigenvalue weighted by molar-refractivity contribution is -0.0181. The van der Waals surface area contributed by atoms with Crippen molar-refractivity contribution in [2.45, 2.75) is 26.1 Å². The van der Waals surface area contributed by atoms with Gasteiger partial charge in [0.05, 0.1) is 18.9 Å². The van der Waals surface area contributed by atoms with E-state index in [1.807, 2.05) is 10.9 Å². The van der Waals surface area contributed by atoms with Crippen LogP contribution >= 0.6 is 15.9 Å². The quantitative estimate of drug-likeness (QED) is 0.787. The average Bonchev–Trinajstić information content (AvgIpc) is 2.77. The van der Waals surface area contributed by atoms with Crippen LogP contribution in [0.2, 0.25) is 0 Å². The third-order valence-corrected chi connectivity index (χ3v) is 3.53. The Hall–Kier alpha value is -0.390. The molecule has 0 aromatic carbocycles. The number of halogens is 1. The summed E-state index contributed by atoms with van der Waals surface area (Å²) in [6, 6.07) is 0. The van der Waals surface area contributed by atoms with Gasteiger partial charge < -0.3 is 4.74 Å². The molecule has 0 radical (unpaired) electrons. The Kier molecular flexibility index (Phi) is 4.37. The second-order valence-electron chi connectivity index (χ2n) is 4.09. The summed E-state index contributed by atoms with van der Waals surface area (Å²) in [6.45, 7) is 6.87. The molecule has 1 aliphatic heterocycles. The van der Waals surface area contributed by atoms with E-state index in [0.29, 0.717) is 6.10 Å². The first-order valence-electron chi connectivity index (χ1n) is 5.73. The molecule has 1 aliphatic rings. The third kappa shape index (κ3) is 3.06. The zero-order valence-corrected chi connectivity index (χ0v) is 11.2. The average molecular weight is 288 g/mol. The molecule has 2 rings (SSSR count). The molecule has 2 heterocycles. The molecule has 1 unspecified atom stereocenters. The van der Waals surface area contributed by atoms with Gasteiger partial charge in [0.1, 0.15) is 0 Å². The SMILES string of the molecule is CCn1cc(CN2CCOC(CBr)C2)cn1. The number of hydrogen-bond acceptors (Lipinski definition) is 3. The summed E-state index contributed by atoms with van der Waals surface area (Å²) in [4.78, 5) is 2.42. The second-order valence-corrected chi connectivity index (χ2v) is 4.73. The van der Waals surface area contributed by atoms with Crippen molar-refractivity contribution in [2.24, 2.45) is 0 Å². The lowest BCUT2D eigenvalue weighted by atomic mass is 10.2. The number of ether oxygens (including phenoxy) is 1. The molecule has 90 valence electrons. The van der Waals surface area contributed by atoms with Crippen LogP contribution in [0.4, 0.5) is 0 Å². The molecule has 0 saturated carbocycles. The Morgan fingerprint density at radius 2 is 2.50 bits per heavy atom. The fourth-order valence-corrected chi connectivity index (χ4v) is 2.33. The van der Waals surface area contributed by atoms with Gasteiger partial charge in [0, 0.05) is 43.3 Å². The van der Waals surface area contributed by atoms with Gasteiger partial charge in [-0.3, -0.25) is 9.58 Å². The van der Waals surface area contributed by atoms with Crippen LogP contribution in [0.25, 0.3) is 0 Å². The van der Waals surface area contributed by atoms with Gasteiger partial charge in [-0.2, -0.15) is 5.10 Å². The van der Waals surface area contributed by atoms with Crippen molar-refractivity contribution in [3.63, 3.8) is 0 Å². The van der Waals surface area contributed by atoms with Crippen LogP contribution in [0.3, 0.4) is 0 Å². The topological polar surface area (TPSA) is 30.3 Å². The van der Waals surface area contributed by atoms with E-state index in [1.165, 1.54) is 5.56 Å². The predicted octanol–water partition coefficient (Wildman–Crippen LogP) is 1.50. The van der Waals surface area contributed by atoms with Crippen LogP contribution in [0, 0.1) is 0 Å². The van der Waals surface area contributed by atoms with E-state index in [4.69, 9.17) is 4.74 Å². The Morgan fingerprint density at radius 1 is 1.62 bits per heavy atom. The monoisotopic (exact) mass is 287 g/mol. The molecule has 16 heavy (non-hydrogen) atoms. The van der Waals surface area contributed by atoms with Gasteiger partial charge >= 0.3 is 0 Å². The van der Waals surface area contributed by atoms with E-state index in [0.717, 1.165) is 38.1 Å².